The highest BCUT2D eigenvalue weighted by molar-refractivity contribution is 5.99. The molecule has 0 aromatic heterocycles. The number of benzene rings is 2. The quantitative estimate of drug-likeness (QED) is 0.519. The smallest absolute Gasteiger partial charge is 0.282 e. The summed E-state index contributed by atoms with van der Waals surface area (Å²) in [5.41, 5.74) is 2.21. The Morgan fingerprint density at radius 2 is 1.77 bits per heavy atom. The average Bonchev–Trinajstić information content (AvgIpc) is 3.10. The number of hydrogen-bond acceptors (Lipinski definition) is 3. The molecule has 1 amide bonds. The van der Waals surface area contributed by atoms with Crippen molar-refractivity contribution in [3.63, 3.8) is 0 Å². The van der Waals surface area contributed by atoms with E-state index < -0.39 is 0 Å². The normalized spacial score (nSPS) is 11.2. The van der Waals surface area contributed by atoms with E-state index >= 15 is 0 Å². The molecule has 2 aromatic carbocycles. The third-order valence-electron chi connectivity index (χ3n) is 4.92. The Morgan fingerprint density at radius 1 is 1.06 bits per heavy atom. The third-order valence-corrected chi connectivity index (χ3v) is 4.92. The molecule has 0 aliphatic carbocycles. The monoisotopic (exact) mass is 418 g/mol. The van der Waals surface area contributed by atoms with E-state index in [1.807, 2.05) is 32.0 Å². The Bertz CT molecular complexity index is 1230. The molecule has 0 radical (unpaired) electrons. The van der Waals surface area contributed by atoms with E-state index in [1.54, 1.807) is 41.2 Å². The van der Waals surface area contributed by atoms with Gasteiger partial charge in [-0.2, -0.15) is 9.78 Å². The average molecular weight is 418 g/mol. The van der Waals surface area contributed by atoms with Gasteiger partial charge in [0.15, 0.2) is 0 Å². The molecule has 0 atom stereocenters. The number of hydrogen-bond donors (Lipinski definition) is 1. The Morgan fingerprint density at radius 3 is 2.45 bits per heavy atom. The zero-order valence-corrected chi connectivity index (χ0v) is 17.4. The molecule has 2 aromatic rings. The number of rotatable bonds is 6. The Hall–Kier alpha value is -3.74. The van der Waals surface area contributed by atoms with Crippen molar-refractivity contribution < 1.29 is 9.18 Å². The zero-order valence-electron chi connectivity index (χ0n) is 17.4. The zero-order chi connectivity index (χ0) is 22.0. The van der Waals surface area contributed by atoms with Crippen LogP contribution in [-0.4, -0.2) is 26.8 Å². The van der Waals surface area contributed by atoms with Gasteiger partial charge in [-0.1, -0.05) is 44.2 Å². The summed E-state index contributed by atoms with van der Waals surface area (Å²) in [6.07, 6.45) is 3.37. The van der Waals surface area contributed by atoms with E-state index in [2.05, 4.69) is 10.4 Å². The van der Waals surface area contributed by atoms with Crippen molar-refractivity contribution in [1.29, 1.82) is 0 Å². The summed E-state index contributed by atoms with van der Waals surface area (Å²) in [5.74, 6) is -0.319. The van der Waals surface area contributed by atoms with E-state index in [9.17, 15) is 14.0 Å². The van der Waals surface area contributed by atoms with Crippen molar-refractivity contribution in [2.45, 2.75) is 20.4 Å². The Kier molecular flexibility index (Phi) is 5.66. The van der Waals surface area contributed by atoms with Gasteiger partial charge < -0.3 is 9.88 Å². The Balaban J connectivity index is 1.82. The number of halogens is 1. The first-order valence-electron chi connectivity index (χ1n) is 10.1. The topological polar surface area (TPSA) is 68.9 Å². The van der Waals surface area contributed by atoms with Gasteiger partial charge in [0, 0.05) is 25.5 Å². The molecule has 0 fully saturated rings. The molecule has 6 nitrogen and oxygen atoms in total. The van der Waals surface area contributed by atoms with Crippen LogP contribution in [-0.2, 0) is 6.54 Å². The van der Waals surface area contributed by atoms with Crippen molar-refractivity contribution in [1.82, 2.24) is 19.7 Å². The fourth-order valence-electron chi connectivity index (χ4n) is 3.35. The van der Waals surface area contributed by atoms with Crippen molar-refractivity contribution >= 4 is 5.91 Å². The van der Waals surface area contributed by atoms with Crippen molar-refractivity contribution in [2.24, 2.45) is 5.92 Å². The van der Waals surface area contributed by atoms with Gasteiger partial charge in [0.05, 0.1) is 16.8 Å². The Labute approximate surface area is 179 Å². The minimum atomic E-state index is -0.316. The predicted molar refractivity (Wildman–Crippen MR) is 117 cm³/mol. The summed E-state index contributed by atoms with van der Waals surface area (Å²) in [6.45, 7) is 4.92. The molecule has 158 valence electrons. The highest BCUT2D eigenvalue weighted by Crippen LogP contribution is 2.23. The number of carbonyl (C=O) groups excluding carboxylic acids is 1. The van der Waals surface area contributed by atoms with Gasteiger partial charge in [0.2, 0.25) is 0 Å². The summed E-state index contributed by atoms with van der Waals surface area (Å²) < 4.78 is 16.3. The van der Waals surface area contributed by atoms with E-state index in [1.165, 1.54) is 16.8 Å². The lowest BCUT2D eigenvalue weighted by atomic mass is 10.1. The maximum atomic E-state index is 13.3. The summed E-state index contributed by atoms with van der Waals surface area (Å²) in [7, 11) is 0. The minimum Gasteiger partial charge on any atom is -0.352 e. The molecule has 0 saturated heterocycles. The second kappa shape index (κ2) is 8.55. The predicted octanol–water partition coefficient (Wildman–Crippen LogP) is 3.71. The van der Waals surface area contributed by atoms with Crippen LogP contribution in [0.3, 0.4) is 0 Å². The van der Waals surface area contributed by atoms with Gasteiger partial charge >= 0.3 is 0 Å². The molecule has 4 rings (SSSR count). The maximum Gasteiger partial charge on any atom is 0.282 e. The number of amides is 1. The third kappa shape index (κ3) is 4.40. The van der Waals surface area contributed by atoms with Crippen LogP contribution in [0.2, 0.25) is 0 Å². The van der Waals surface area contributed by atoms with Gasteiger partial charge in [0.1, 0.15) is 11.5 Å². The molecular weight excluding hydrogens is 395 g/mol. The van der Waals surface area contributed by atoms with Gasteiger partial charge in [-0.3, -0.25) is 9.59 Å². The van der Waals surface area contributed by atoms with Crippen molar-refractivity contribution in [2.75, 3.05) is 6.54 Å². The maximum absolute atomic E-state index is 13.3. The minimum absolute atomic E-state index is 0.284. The van der Waals surface area contributed by atoms with E-state index in [0.29, 0.717) is 35.6 Å². The first-order chi connectivity index (χ1) is 14.9. The molecule has 2 aliphatic rings. The molecule has 0 unspecified atom stereocenters. The number of fused-ring (bicyclic) bond motifs is 1. The standard InChI is InChI=1S/C24H23FN4O2/c1-16(2)12-26-23(30)20-14-28(13-17-8-10-18(25)11-9-17)15-21-22(20)27-29(24(21)31)19-6-4-3-5-7-19/h3-11,14-16H,12-13H2,1-2H3,(H,26,30). The molecule has 7 heteroatoms. The molecule has 0 saturated carbocycles. The fourth-order valence-corrected chi connectivity index (χ4v) is 3.35. The molecule has 0 bridgehead atoms. The molecule has 0 spiro atoms. The number of carbonyl (C=O) groups is 1. The van der Waals surface area contributed by atoms with Crippen LogP contribution in [0.5, 0.6) is 0 Å². The van der Waals surface area contributed by atoms with Crippen LogP contribution in [0.25, 0.3) is 16.9 Å². The number of pyridine rings is 1. The lowest BCUT2D eigenvalue weighted by Gasteiger charge is -2.14. The van der Waals surface area contributed by atoms with Crippen molar-refractivity contribution in [3.05, 3.63) is 94.3 Å². The molecule has 2 aliphatic heterocycles. The second-order valence-electron chi connectivity index (χ2n) is 7.89. The van der Waals surface area contributed by atoms with E-state index in [-0.39, 0.29) is 23.2 Å². The largest absolute Gasteiger partial charge is 0.352 e. The summed E-state index contributed by atoms with van der Waals surface area (Å²) >= 11 is 0. The first kappa shape index (κ1) is 20.5. The number of nitrogens with zero attached hydrogens (tertiary/aromatic N) is 3. The summed E-state index contributed by atoms with van der Waals surface area (Å²) in [4.78, 5) is 26.1. The molecule has 1 N–H and O–H groups in total. The van der Waals surface area contributed by atoms with Crippen LogP contribution in [0.15, 0.2) is 71.8 Å². The van der Waals surface area contributed by atoms with Crippen LogP contribution in [0.1, 0.15) is 29.8 Å². The first-order valence-corrected chi connectivity index (χ1v) is 10.1. The number of nitrogens with one attached hydrogen (secondary N) is 1. The molecule has 31 heavy (non-hydrogen) atoms. The molecular formula is C24H23FN4O2. The van der Waals surface area contributed by atoms with E-state index in [4.69, 9.17) is 0 Å². The summed E-state index contributed by atoms with van der Waals surface area (Å²) in [5, 5.41) is 7.38. The fraction of sp³-hybridized carbons (Fsp3) is 0.208. The van der Waals surface area contributed by atoms with Crippen LogP contribution >= 0.6 is 0 Å². The van der Waals surface area contributed by atoms with Crippen molar-refractivity contribution in [3.8, 4) is 16.9 Å². The lowest BCUT2D eigenvalue weighted by Crippen LogP contribution is -2.28. The number of aromatic nitrogens is 3. The number of para-hydroxylation sites is 1. The van der Waals surface area contributed by atoms with E-state index in [0.717, 1.165) is 5.56 Å². The summed E-state index contributed by atoms with van der Waals surface area (Å²) in [6, 6.07) is 15.2. The van der Waals surface area contributed by atoms with Crippen LogP contribution < -0.4 is 10.9 Å². The van der Waals surface area contributed by atoms with Gasteiger partial charge in [-0.25, -0.2) is 4.39 Å². The van der Waals surface area contributed by atoms with Crippen LogP contribution in [0.4, 0.5) is 4.39 Å². The highest BCUT2D eigenvalue weighted by Gasteiger charge is 2.24. The highest BCUT2D eigenvalue weighted by atomic mass is 19.1. The van der Waals surface area contributed by atoms with Gasteiger partial charge in [-0.15, -0.1) is 0 Å². The SMILES string of the molecule is CC(C)CNC(=O)c1cn(Cc2ccc(F)cc2)cc2c(=O)n(-c3ccccc3)nc1-2. The second-order valence-corrected chi connectivity index (χ2v) is 7.89. The van der Waals surface area contributed by atoms with Crippen LogP contribution in [0, 0.1) is 11.7 Å². The van der Waals surface area contributed by atoms with Gasteiger partial charge in [0.25, 0.3) is 11.5 Å². The molecule has 2 heterocycles. The van der Waals surface area contributed by atoms with Gasteiger partial charge in [-0.05, 0) is 35.7 Å². The lowest BCUT2D eigenvalue weighted by molar-refractivity contribution is 0.0948.